The molecule has 0 amide bonds. The summed E-state index contributed by atoms with van der Waals surface area (Å²) < 4.78 is 7.31. The summed E-state index contributed by atoms with van der Waals surface area (Å²) in [5.74, 6) is -0.343. The number of aromatic nitrogens is 1. The second kappa shape index (κ2) is 8.44. The first-order valence-electron chi connectivity index (χ1n) is 8.41. The van der Waals surface area contributed by atoms with Crippen LogP contribution in [0.25, 0.3) is 16.4 Å². The molecule has 0 fully saturated rings. The second-order valence-electron chi connectivity index (χ2n) is 5.66. The molecule has 1 aromatic carbocycles. The van der Waals surface area contributed by atoms with Crippen LogP contribution in [0.5, 0.6) is 0 Å². The number of fused-ring (bicyclic) bond motifs is 3. The largest absolute Gasteiger partial charge is 0.461 e. The van der Waals surface area contributed by atoms with E-state index < -0.39 is 0 Å². The average Bonchev–Trinajstić information content (AvgIpc) is 2.96. The summed E-state index contributed by atoms with van der Waals surface area (Å²) in [5, 5.41) is 0.789. The number of pyridine rings is 1. The molecule has 5 nitrogen and oxygen atoms in total. The standard InChI is InChI=1S/C18H18N2O3.C2H6/c1-19(2)9-10-23-18(22)17-14-7-6-13(12-21)11-16(14)20-8-4-3-5-15(17)20;1-2/h3-8,11-12H,9-10H2,1-2H3;1-2H3. The van der Waals surface area contributed by atoms with Gasteiger partial charge in [-0.25, -0.2) is 4.79 Å². The van der Waals surface area contributed by atoms with Crippen molar-refractivity contribution in [3.63, 3.8) is 0 Å². The topological polar surface area (TPSA) is 51.0 Å². The summed E-state index contributed by atoms with van der Waals surface area (Å²) in [6.07, 6.45) is 2.68. The first-order chi connectivity index (χ1) is 12.1. The van der Waals surface area contributed by atoms with E-state index >= 15 is 0 Å². The summed E-state index contributed by atoms with van der Waals surface area (Å²) >= 11 is 0. The normalized spacial score (nSPS) is 10.6. The molecule has 0 N–H and O–H groups in total. The number of benzene rings is 1. The van der Waals surface area contributed by atoms with E-state index in [0.29, 0.717) is 24.3 Å². The van der Waals surface area contributed by atoms with Crippen LogP contribution in [0.2, 0.25) is 0 Å². The maximum Gasteiger partial charge on any atom is 0.341 e. The molecule has 0 saturated heterocycles. The predicted molar refractivity (Wildman–Crippen MR) is 100 cm³/mol. The summed E-state index contributed by atoms with van der Waals surface area (Å²) in [6.45, 7) is 5.01. The maximum absolute atomic E-state index is 12.5. The van der Waals surface area contributed by atoms with Crippen LogP contribution in [0.15, 0.2) is 42.6 Å². The van der Waals surface area contributed by atoms with Gasteiger partial charge in [0.15, 0.2) is 0 Å². The van der Waals surface area contributed by atoms with E-state index in [0.717, 1.165) is 22.7 Å². The Morgan fingerprint density at radius 2 is 1.92 bits per heavy atom. The zero-order valence-electron chi connectivity index (χ0n) is 15.2. The van der Waals surface area contributed by atoms with Crippen molar-refractivity contribution >= 4 is 28.7 Å². The first-order valence-corrected chi connectivity index (χ1v) is 8.41. The van der Waals surface area contributed by atoms with Crippen LogP contribution >= 0.6 is 0 Å². The second-order valence-corrected chi connectivity index (χ2v) is 5.66. The van der Waals surface area contributed by atoms with Gasteiger partial charge in [0.05, 0.1) is 16.6 Å². The molecule has 0 bridgehead atoms. The Kier molecular flexibility index (Phi) is 6.31. The molecular weight excluding hydrogens is 316 g/mol. The van der Waals surface area contributed by atoms with Crippen LogP contribution in [0, 0.1) is 0 Å². The van der Waals surface area contributed by atoms with Gasteiger partial charge in [-0.1, -0.05) is 32.0 Å². The predicted octanol–water partition coefficient (Wildman–Crippen LogP) is 3.65. The summed E-state index contributed by atoms with van der Waals surface area (Å²) in [4.78, 5) is 25.5. The van der Waals surface area contributed by atoms with Gasteiger partial charge in [-0.2, -0.15) is 0 Å². The summed E-state index contributed by atoms with van der Waals surface area (Å²) in [7, 11) is 3.86. The molecule has 0 aliphatic carbocycles. The molecule has 25 heavy (non-hydrogen) atoms. The molecule has 0 aliphatic rings. The minimum atomic E-state index is -0.343. The number of carbonyl (C=O) groups excluding carboxylic acids is 2. The van der Waals surface area contributed by atoms with Gasteiger partial charge in [0.25, 0.3) is 0 Å². The lowest BCUT2D eigenvalue weighted by Crippen LogP contribution is -2.20. The SMILES string of the molecule is CC.CN(C)CCOC(=O)c1c2ccc(C=O)cc2n2ccccc12. The third-order valence-corrected chi connectivity index (χ3v) is 3.78. The molecule has 3 rings (SSSR count). The first kappa shape index (κ1) is 18.7. The highest BCUT2D eigenvalue weighted by molar-refractivity contribution is 6.12. The quantitative estimate of drug-likeness (QED) is 0.525. The highest BCUT2D eigenvalue weighted by Gasteiger charge is 2.19. The van der Waals surface area contributed by atoms with E-state index in [1.54, 1.807) is 18.2 Å². The minimum absolute atomic E-state index is 0.337. The minimum Gasteiger partial charge on any atom is -0.461 e. The van der Waals surface area contributed by atoms with Crippen LogP contribution in [-0.4, -0.2) is 48.8 Å². The third-order valence-electron chi connectivity index (χ3n) is 3.78. The number of ether oxygens (including phenoxy) is 1. The zero-order chi connectivity index (χ0) is 18.4. The lowest BCUT2D eigenvalue weighted by Gasteiger charge is -2.09. The Morgan fingerprint density at radius 1 is 1.16 bits per heavy atom. The van der Waals surface area contributed by atoms with Gasteiger partial charge in [0.2, 0.25) is 0 Å². The van der Waals surface area contributed by atoms with Crippen molar-refractivity contribution in [1.29, 1.82) is 0 Å². The Balaban J connectivity index is 0.00000109. The smallest absolute Gasteiger partial charge is 0.341 e. The van der Waals surface area contributed by atoms with Crippen LogP contribution in [-0.2, 0) is 4.74 Å². The number of esters is 1. The van der Waals surface area contributed by atoms with E-state index in [2.05, 4.69) is 0 Å². The number of nitrogens with zero attached hydrogens (tertiary/aromatic N) is 2. The molecule has 2 heterocycles. The number of likely N-dealkylation sites (N-methyl/N-ethyl adjacent to an activating group) is 1. The van der Waals surface area contributed by atoms with Crippen molar-refractivity contribution in [2.24, 2.45) is 0 Å². The molecule has 0 spiro atoms. The Bertz CT molecular complexity index is 881. The van der Waals surface area contributed by atoms with Crippen molar-refractivity contribution in [2.45, 2.75) is 13.8 Å². The van der Waals surface area contributed by atoms with Gasteiger partial charge < -0.3 is 14.0 Å². The van der Waals surface area contributed by atoms with Crippen molar-refractivity contribution in [3.8, 4) is 0 Å². The summed E-state index contributed by atoms with van der Waals surface area (Å²) in [5.41, 5.74) is 2.72. The van der Waals surface area contributed by atoms with Gasteiger partial charge >= 0.3 is 5.97 Å². The molecule has 3 aromatic rings. The fraction of sp³-hybridized carbons (Fsp3) is 0.300. The zero-order valence-corrected chi connectivity index (χ0v) is 15.2. The van der Waals surface area contributed by atoms with E-state index in [4.69, 9.17) is 4.74 Å². The molecule has 132 valence electrons. The average molecular weight is 340 g/mol. The number of hydrogen-bond acceptors (Lipinski definition) is 4. The maximum atomic E-state index is 12.5. The van der Waals surface area contributed by atoms with Crippen molar-refractivity contribution < 1.29 is 14.3 Å². The Labute approximate surface area is 147 Å². The molecule has 0 unspecified atom stereocenters. The number of aldehydes is 1. The lowest BCUT2D eigenvalue weighted by molar-refractivity contribution is 0.0486. The molecule has 0 atom stereocenters. The van der Waals surface area contributed by atoms with Gasteiger partial charge in [0.1, 0.15) is 12.9 Å². The Morgan fingerprint density at radius 3 is 2.60 bits per heavy atom. The number of carbonyl (C=O) groups is 2. The van der Waals surface area contributed by atoms with Crippen LogP contribution < -0.4 is 0 Å². The van der Waals surface area contributed by atoms with Gasteiger partial charge in [0, 0.05) is 23.7 Å². The number of hydrogen-bond donors (Lipinski definition) is 0. The molecule has 5 heteroatoms. The molecular formula is C20H24N2O3. The molecule has 2 aromatic heterocycles. The van der Waals surface area contributed by atoms with E-state index in [1.165, 1.54) is 0 Å². The summed E-state index contributed by atoms with van der Waals surface area (Å²) in [6, 6.07) is 10.9. The van der Waals surface area contributed by atoms with Crippen LogP contribution in [0.1, 0.15) is 34.6 Å². The lowest BCUT2D eigenvalue weighted by atomic mass is 10.1. The molecule has 0 radical (unpaired) electrons. The van der Waals surface area contributed by atoms with Crippen LogP contribution in [0.4, 0.5) is 0 Å². The van der Waals surface area contributed by atoms with Gasteiger partial charge in [-0.3, -0.25) is 4.79 Å². The van der Waals surface area contributed by atoms with Crippen molar-refractivity contribution in [2.75, 3.05) is 27.2 Å². The van der Waals surface area contributed by atoms with Crippen molar-refractivity contribution in [1.82, 2.24) is 9.30 Å². The van der Waals surface area contributed by atoms with E-state index in [-0.39, 0.29) is 5.97 Å². The van der Waals surface area contributed by atoms with E-state index in [1.807, 2.05) is 61.6 Å². The fourth-order valence-corrected chi connectivity index (χ4v) is 2.64. The van der Waals surface area contributed by atoms with Gasteiger partial charge in [-0.15, -0.1) is 0 Å². The van der Waals surface area contributed by atoms with E-state index in [9.17, 15) is 9.59 Å². The monoisotopic (exact) mass is 340 g/mol. The molecule has 0 saturated carbocycles. The molecule has 0 aliphatic heterocycles. The number of rotatable bonds is 5. The fourth-order valence-electron chi connectivity index (χ4n) is 2.64. The Hall–Kier alpha value is -2.66. The van der Waals surface area contributed by atoms with Crippen LogP contribution in [0.3, 0.4) is 0 Å². The van der Waals surface area contributed by atoms with Crippen molar-refractivity contribution in [3.05, 3.63) is 53.7 Å². The highest BCUT2D eigenvalue weighted by atomic mass is 16.5. The third kappa shape index (κ3) is 3.88. The van der Waals surface area contributed by atoms with Gasteiger partial charge in [-0.05, 0) is 32.3 Å². The highest BCUT2D eigenvalue weighted by Crippen LogP contribution is 2.28.